The van der Waals surface area contributed by atoms with Gasteiger partial charge in [-0.1, -0.05) is 13.8 Å². The molecule has 0 fully saturated rings. The Hall–Kier alpha value is -3.10. The van der Waals surface area contributed by atoms with Crippen LogP contribution in [-0.2, 0) is 4.74 Å². The second-order valence-electron chi connectivity index (χ2n) is 4.16. The summed E-state index contributed by atoms with van der Waals surface area (Å²) < 4.78 is 31.9. The Labute approximate surface area is 136 Å². The Morgan fingerprint density at radius 1 is 1.25 bits per heavy atom. The highest BCUT2D eigenvalue weighted by Crippen LogP contribution is 2.27. The maximum atomic E-state index is 13.8. The molecular formula is C15H15F2N3O4. The summed E-state index contributed by atoms with van der Waals surface area (Å²) in [4.78, 5) is 24.9. The molecule has 2 rings (SSSR count). The highest BCUT2D eigenvalue weighted by molar-refractivity contribution is 5.90. The molecule has 1 heterocycles. The lowest BCUT2D eigenvalue weighted by atomic mass is 10.1. The van der Waals surface area contributed by atoms with Gasteiger partial charge in [-0.15, -0.1) is 0 Å². The van der Waals surface area contributed by atoms with Crippen LogP contribution in [0.5, 0.6) is 0 Å². The number of halogens is 2. The molecule has 0 saturated carbocycles. The van der Waals surface area contributed by atoms with Crippen LogP contribution in [0.25, 0.3) is 11.3 Å². The number of carbonyl (C=O) groups excluding carboxylic acids is 1. The summed E-state index contributed by atoms with van der Waals surface area (Å²) in [5.74, 6) is -3.82. The van der Waals surface area contributed by atoms with E-state index in [0.29, 0.717) is 0 Å². The molecule has 2 N–H and O–H groups in total. The Kier molecular flexibility index (Phi) is 6.28. The minimum absolute atomic E-state index is 0.0238. The molecule has 1 aromatic carbocycles. The molecule has 0 spiro atoms. The fourth-order valence-corrected chi connectivity index (χ4v) is 1.80. The summed E-state index contributed by atoms with van der Waals surface area (Å²) in [6.07, 6.45) is 0. The lowest BCUT2D eigenvalue weighted by molar-refractivity contribution is -0.384. The van der Waals surface area contributed by atoms with Crippen molar-refractivity contribution < 1.29 is 23.2 Å². The topological polar surface area (TPSA) is 108 Å². The fourth-order valence-electron chi connectivity index (χ4n) is 1.80. The number of nitro groups is 1. The van der Waals surface area contributed by atoms with Crippen LogP contribution in [0.2, 0.25) is 0 Å². The highest BCUT2D eigenvalue weighted by Gasteiger charge is 2.21. The number of methoxy groups -OCH3 is 1. The van der Waals surface area contributed by atoms with Gasteiger partial charge in [0.1, 0.15) is 17.2 Å². The first-order chi connectivity index (χ1) is 11.3. The van der Waals surface area contributed by atoms with Gasteiger partial charge >= 0.3 is 11.7 Å². The maximum absolute atomic E-state index is 13.8. The van der Waals surface area contributed by atoms with Crippen molar-refractivity contribution >= 4 is 17.5 Å². The first kappa shape index (κ1) is 18.9. The van der Waals surface area contributed by atoms with Gasteiger partial charge in [0.15, 0.2) is 0 Å². The molecule has 0 aliphatic carbocycles. The van der Waals surface area contributed by atoms with Crippen LogP contribution < -0.4 is 5.73 Å². The number of anilines is 1. The molecule has 0 amide bonds. The molecule has 7 nitrogen and oxygen atoms in total. The molecule has 1 aromatic heterocycles. The minimum atomic E-state index is -1.15. The van der Waals surface area contributed by atoms with E-state index < -0.39 is 33.8 Å². The monoisotopic (exact) mass is 339 g/mol. The number of esters is 1. The van der Waals surface area contributed by atoms with Crippen LogP contribution >= 0.6 is 0 Å². The lowest BCUT2D eigenvalue weighted by Crippen LogP contribution is -2.08. The van der Waals surface area contributed by atoms with Crippen LogP contribution in [-0.4, -0.2) is 23.0 Å². The molecule has 2 aromatic rings. The predicted molar refractivity (Wildman–Crippen MR) is 83.3 cm³/mol. The number of hydrogen-bond acceptors (Lipinski definition) is 6. The zero-order chi connectivity index (χ0) is 18.4. The summed E-state index contributed by atoms with van der Waals surface area (Å²) >= 11 is 0. The van der Waals surface area contributed by atoms with E-state index in [9.17, 15) is 23.7 Å². The number of hydrogen-bond donors (Lipinski definition) is 1. The van der Waals surface area contributed by atoms with Gasteiger partial charge in [0.2, 0.25) is 5.82 Å². The summed E-state index contributed by atoms with van der Waals surface area (Å²) in [5, 5.41) is 10.6. The largest absolute Gasteiger partial charge is 0.465 e. The molecule has 0 atom stereocenters. The third kappa shape index (κ3) is 3.80. The first-order valence-electron chi connectivity index (χ1n) is 6.83. The number of pyridine rings is 1. The van der Waals surface area contributed by atoms with Gasteiger partial charge in [-0.25, -0.2) is 18.6 Å². The van der Waals surface area contributed by atoms with Crippen LogP contribution in [0.1, 0.15) is 24.2 Å². The van der Waals surface area contributed by atoms with E-state index in [2.05, 4.69) is 9.72 Å². The van der Waals surface area contributed by atoms with Gasteiger partial charge in [0, 0.05) is 11.6 Å². The first-order valence-corrected chi connectivity index (χ1v) is 6.83. The summed E-state index contributed by atoms with van der Waals surface area (Å²) in [6, 6.07) is 3.99. The van der Waals surface area contributed by atoms with E-state index in [-0.39, 0.29) is 17.1 Å². The molecule has 0 aliphatic rings. The standard InChI is InChI=1S/C13H9F2N3O4.C2H6/c1-22-13(19)11-7(14)4-6(5-8(11)15)9-2-3-10(18(20)21)12(16)17-9;1-2/h2-5H,1H3,(H2,16,17);1-2H3. The Morgan fingerprint density at radius 3 is 2.21 bits per heavy atom. The van der Waals surface area contributed by atoms with Crippen molar-refractivity contribution in [1.82, 2.24) is 4.98 Å². The van der Waals surface area contributed by atoms with E-state index in [1.807, 2.05) is 13.8 Å². The van der Waals surface area contributed by atoms with E-state index in [4.69, 9.17) is 5.73 Å². The molecule has 0 bridgehead atoms. The van der Waals surface area contributed by atoms with Gasteiger partial charge in [0.25, 0.3) is 0 Å². The molecule has 128 valence electrons. The molecular weight excluding hydrogens is 324 g/mol. The average molecular weight is 339 g/mol. The van der Waals surface area contributed by atoms with Crippen molar-refractivity contribution in [3.05, 3.63) is 51.6 Å². The number of benzene rings is 1. The molecule has 0 saturated heterocycles. The number of nitrogens with zero attached hydrogens (tertiary/aromatic N) is 2. The van der Waals surface area contributed by atoms with E-state index in [0.717, 1.165) is 25.3 Å². The van der Waals surface area contributed by atoms with Crippen LogP contribution in [0.15, 0.2) is 24.3 Å². The van der Waals surface area contributed by atoms with Gasteiger partial charge in [-0.2, -0.15) is 0 Å². The minimum Gasteiger partial charge on any atom is -0.465 e. The SMILES string of the molecule is CC.COC(=O)c1c(F)cc(-c2ccc([N+](=O)[O-])c(N)n2)cc1F. The van der Waals surface area contributed by atoms with Crippen LogP contribution in [0, 0.1) is 21.7 Å². The molecule has 0 unspecified atom stereocenters. The van der Waals surface area contributed by atoms with Crippen molar-refractivity contribution in [2.24, 2.45) is 0 Å². The fraction of sp³-hybridized carbons (Fsp3) is 0.200. The third-order valence-corrected chi connectivity index (χ3v) is 2.83. The van der Waals surface area contributed by atoms with Crippen molar-refractivity contribution in [2.45, 2.75) is 13.8 Å². The second kappa shape index (κ2) is 7.95. The zero-order valence-corrected chi connectivity index (χ0v) is 13.2. The average Bonchev–Trinajstić information content (AvgIpc) is 2.55. The van der Waals surface area contributed by atoms with Crippen LogP contribution in [0.3, 0.4) is 0 Å². The summed E-state index contributed by atoms with van der Waals surface area (Å²) in [6.45, 7) is 4.00. The summed E-state index contributed by atoms with van der Waals surface area (Å²) in [5.41, 5.74) is 4.17. The number of nitrogen functional groups attached to an aromatic ring is 1. The van der Waals surface area contributed by atoms with Gasteiger partial charge < -0.3 is 10.5 Å². The normalized spacial score (nSPS) is 9.71. The van der Waals surface area contributed by atoms with Crippen LogP contribution in [0.4, 0.5) is 20.3 Å². The smallest absolute Gasteiger partial charge is 0.343 e. The highest BCUT2D eigenvalue weighted by atomic mass is 19.1. The Bertz CT molecular complexity index is 758. The van der Waals surface area contributed by atoms with Crippen molar-refractivity contribution in [3.63, 3.8) is 0 Å². The number of carbonyl (C=O) groups is 1. The number of nitrogens with two attached hydrogens (primary N) is 1. The molecule has 9 heteroatoms. The van der Waals surface area contributed by atoms with Gasteiger partial charge in [-0.3, -0.25) is 10.1 Å². The van der Waals surface area contributed by atoms with E-state index in [1.165, 1.54) is 6.07 Å². The molecule has 0 aliphatic heterocycles. The van der Waals surface area contributed by atoms with Gasteiger partial charge in [-0.05, 0) is 18.2 Å². The molecule has 0 radical (unpaired) electrons. The van der Waals surface area contributed by atoms with Crippen molar-refractivity contribution in [1.29, 1.82) is 0 Å². The second-order valence-corrected chi connectivity index (χ2v) is 4.16. The van der Waals surface area contributed by atoms with Crippen molar-refractivity contribution in [3.8, 4) is 11.3 Å². The third-order valence-electron chi connectivity index (χ3n) is 2.83. The number of ether oxygens (including phenoxy) is 1. The lowest BCUT2D eigenvalue weighted by Gasteiger charge is -2.07. The number of rotatable bonds is 3. The van der Waals surface area contributed by atoms with Crippen molar-refractivity contribution in [2.75, 3.05) is 12.8 Å². The summed E-state index contributed by atoms with van der Waals surface area (Å²) in [7, 11) is 0.994. The van der Waals surface area contributed by atoms with Gasteiger partial charge in [0.05, 0.1) is 17.7 Å². The van der Waals surface area contributed by atoms with E-state index in [1.54, 1.807) is 0 Å². The number of aromatic nitrogens is 1. The predicted octanol–water partition coefficient (Wildman–Crippen LogP) is 3.33. The Morgan fingerprint density at radius 2 is 1.79 bits per heavy atom. The zero-order valence-electron chi connectivity index (χ0n) is 13.2. The maximum Gasteiger partial charge on any atom is 0.343 e. The Balaban J connectivity index is 0.00000139. The quantitative estimate of drug-likeness (QED) is 0.522. The van der Waals surface area contributed by atoms with E-state index >= 15 is 0 Å². The molecule has 24 heavy (non-hydrogen) atoms.